The predicted octanol–water partition coefficient (Wildman–Crippen LogP) is 1.10. The highest BCUT2D eigenvalue weighted by atomic mass is 16.7. The van der Waals surface area contributed by atoms with Crippen molar-refractivity contribution in [3.63, 3.8) is 0 Å². The lowest BCUT2D eigenvalue weighted by atomic mass is 10.1. The number of methoxy groups -OCH3 is 2. The number of nitrogens with one attached hydrogen (secondary N) is 1. The SMILES string of the molecule is COC(OC)c1ccc(C(=O)NCCOCCOCCOCCOCCOCCOCCOCCOCCOCCOCCOCCOCCOCCOCCOCCOCCOCCOCCOCCOCCOCCOCCOCCOCCC(=O)ON2C(=O)CCC2=O)cc1. The second kappa shape index (κ2) is 73.0. The maximum Gasteiger partial charge on any atom is 0.335 e. The molecule has 1 fully saturated rings. The van der Waals surface area contributed by atoms with Crippen LogP contribution < -0.4 is 5.32 Å². The van der Waals surface area contributed by atoms with E-state index in [-0.39, 0.29) is 38.4 Å². The number of imide groups is 1. The first-order valence-corrected chi connectivity index (χ1v) is 33.8. The zero-order chi connectivity index (χ0) is 70.0. The minimum Gasteiger partial charge on any atom is -0.378 e. The van der Waals surface area contributed by atoms with Gasteiger partial charge in [-0.3, -0.25) is 14.4 Å². The fourth-order valence-corrected chi connectivity index (χ4v) is 7.62. The van der Waals surface area contributed by atoms with Crippen molar-refractivity contribution in [3.05, 3.63) is 35.4 Å². The average Bonchev–Trinajstić information content (AvgIpc) is 1.79. The molecule has 1 saturated heterocycles. The third kappa shape index (κ3) is 59.9. The smallest absolute Gasteiger partial charge is 0.335 e. The molecule has 1 aromatic rings. The Balaban J connectivity index is 1.10. The lowest BCUT2D eigenvalue weighted by Gasteiger charge is -2.14. The first-order valence-electron chi connectivity index (χ1n) is 33.8. The second-order valence-corrected chi connectivity index (χ2v) is 20.2. The molecule has 572 valence electrons. The maximum absolute atomic E-state index is 12.3. The molecular weight excluding hydrogens is 1300 g/mol. The molecule has 1 aliphatic rings. The van der Waals surface area contributed by atoms with Crippen molar-refractivity contribution in [2.24, 2.45) is 0 Å². The van der Waals surface area contributed by atoms with Gasteiger partial charge in [-0.2, -0.15) is 0 Å². The minimum absolute atomic E-state index is 0.0506. The zero-order valence-electron chi connectivity index (χ0n) is 58.3. The van der Waals surface area contributed by atoms with Crippen molar-refractivity contribution in [3.8, 4) is 0 Å². The largest absolute Gasteiger partial charge is 0.378 e. The molecule has 0 radical (unpaired) electrons. The quantitative estimate of drug-likeness (QED) is 0.0542. The number of amides is 3. The van der Waals surface area contributed by atoms with Crippen molar-refractivity contribution in [1.29, 1.82) is 0 Å². The Morgan fingerprint density at radius 2 is 0.500 bits per heavy atom. The number of carbonyl (C=O) groups excluding carboxylic acids is 4. The molecule has 0 saturated carbocycles. The van der Waals surface area contributed by atoms with Gasteiger partial charge in [-0.1, -0.05) is 12.1 Å². The van der Waals surface area contributed by atoms with E-state index in [0.717, 1.165) is 5.56 Å². The highest BCUT2D eigenvalue weighted by molar-refractivity contribution is 6.01. The van der Waals surface area contributed by atoms with Gasteiger partial charge >= 0.3 is 5.97 Å². The lowest BCUT2D eigenvalue weighted by molar-refractivity contribution is -0.198. The highest BCUT2D eigenvalue weighted by Gasteiger charge is 2.32. The average molecular weight is 1420 g/mol. The Morgan fingerprint density at radius 3 is 0.704 bits per heavy atom. The zero-order valence-corrected chi connectivity index (χ0v) is 58.3. The third-order valence-corrected chi connectivity index (χ3v) is 12.6. The lowest BCUT2D eigenvalue weighted by Crippen LogP contribution is -2.32. The summed E-state index contributed by atoms with van der Waals surface area (Å²) in [7, 11) is 3.12. The van der Waals surface area contributed by atoms with Crippen LogP contribution in [0.15, 0.2) is 24.3 Å². The van der Waals surface area contributed by atoms with Gasteiger partial charge in [0.2, 0.25) is 0 Å². The summed E-state index contributed by atoms with van der Waals surface area (Å²) in [6.07, 6.45) is -0.450. The van der Waals surface area contributed by atoms with E-state index in [4.69, 9.17) is 128 Å². The molecule has 0 spiro atoms. The van der Waals surface area contributed by atoms with Crippen molar-refractivity contribution in [1.82, 2.24) is 10.4 Å². The van der Waals surface area contributed by atoms with E-state index in [1.54, 1.807) is 38.5 Å². The van der Waals surface area contributed by atoms with Gasteiger partial charge in [0.05, 0.1) is 324 Å². The summed E-state index contributed by atoms with van der Waals surface area (Å²) in [5.41, 5.74) is 1.38. The van der Waals surface area contributed by atoms with Crippen LogP contribution in [-0.4, -0.2) is 367 Å². The summed E-state index contributed by atoms with van der Waals surface area (Å²) in [6, 6.07) is 7.05. The molecule has 33 heteroatoms. The van der Waals surface area contributed by atoms with E-state index in [0.29, 0.717) is 321 Å². The van der Waals surface area contributed by atoms with Gasteiger partial charge in [0.25, 0.3) is 17.7 Å². The number of hydrogen-bond donors (Lipinski definition) is 1. The van der Waals surface area contributed by atoms with E-state index in [1.165, 1.54) is 0 Å². The van der Waals surface area contributed by atoms with E-state index in [2.05, 4.69) is 5.32 Å². The summed E-state index contributed by atoms with van der Waals surface area (Å²) in [4.78, 5) is 51.7. The van der Waals surface area contributed by atoms with E-state index >= 15 is 0 Å². The topological polar surface area (TPSA) is 333 Å². The Bertz CT molecular complexity index is 1890. The van der Waals surface area contributed by atoms with E-state index in [1.807, 2.05) is 0 Å². The molecule has 3 amide bonds. The van der Waals surface area contributed by atoms with Crippen molar-refractivity contribution in [2.75, 3.05) is 338 Å². The van der Waals surface area contributed by atoms with Crippen LogP contribution in [0.25, 0.3) is 0 Å². The Labute approximate surface area is 578 Å². The Hall–Kier alpha value is -3.74. The van der Waals surface area contributed by atoms with Crippen molar-refractivity contribution >= 4 is 23.7 Å². The number of hydroxylamine groups is 2. The van der Waals surface area contributed by atoms with E-state index < -0.39 is 24.1 Å². The third-order valence-electron chi connectivity index (χ3n) is 12.6. The van der Waals surface area contributed by atoms with Gasteiger partial charge in [0.15, 0.2) is 6.29 Å². The van der Waals surface area contributed by atoms with Gasteiger partial charge in [-0.15, -0.1) is 5.06 Å². The summed E-state index contributed by atoms with van der Waals surface area (Å²) in [5.74, 6) is -1.92. The highest BCUT2D eigenvalue weighted by Crippen LogP contribution is 2.18. The molecule has 1 aliphatic heterocycles. The first-order chi connectivity index (χ1) is 48.5. The first kappa shape index (κ1) is 90.3. The van der Waals surface area contributed by atoms with Crippen LogP contribution in [0.5, 0.6) is 0 Å². The summed E-state index contributed by atoms with van der Waals surface area (Å²) in [6.45, 7) is 21.6. The Kier molecular flexibility index (Phi) is 67.3. The van der Waals surface area contributed by atoms with Crippen LogP contribution >= 0.6 is 0 Å². The predicted molar refractivity (Wildman–Crippen MR) is 347 cm³/mol. The normalized spacial score (nSPS) is 12.5. The van der Waals surface area contributed by atoms with Crippen LogP contribution in [0.2, 0.25) is 0 Å². The minimum atomic E-state index is -0.706. The number of nitrogens with zero attached hydrogens (tertiary/aromatic N) is 1. The fourth-order valence-electron chi connectivity index (χ4n) is 7.62. The van der Waals surface area contributed by atoms with Crippen LogP contribution in [0, 0.1) is 0 Å². The van der Waals surface area contributed by atoms with Crippen LogP contribution in [0.1, 0.15) is 41.5 Å². The number of carbonyl (C=O) groups is 4. The molecular formula is C65H116N2O31. The van der Waals surface area contributed by atoms with Crippen LogP contribution in [0.4, 0.5) is 0 Å². The molecule has 33 nitrogen and oxygen atoms in total. The van der Waals surface area contributed by atoms with Gasteiger partial charge in [0.1, 0.15) is 0 Å². The van der Waals surface area contributed by atoms with E-state index in [9.17, 15) is 19.2 Å². The summed E-state index contributed by atoms with van der Waals surface area (Å²) >= 11 is 0. The number of benzene rings is 1. The fraction of sp³-hybridized carbons (Fsp3) is 0.846. The second-order valence-electron chi connectivity index (χ2n) is 20.2. The molecule has 0 unspecified atom stereocenters. The molecule has 0 bridgehead atoms. The molecule has 1 heterocycles. The standard InChI is InChI=1S/C65H116N2O31/c1-72-65(73-2)60-5-3-59(4-6-60)64(71)66-10-12-75-14-16-77-18-20-79-22-24-81-26-28-83-30-32-85-34-36-87-38-40-89-42-44-91-46-48-93-50-52-95-54-56-97-58-57-96-55-53-94-51-49-92-47-45-90-43-41-88-39-37-86-35-33-84-31-29-82-27-25-80-23-21-78-19-17-76-15-13-74-11-9-63(70)98-67-61(68)7-8-62(67)69/h3-6,65H,7-58H2,1-2H3,(H,66,71). The summed E-state index contributed by atoms with van der Waals surface area (Å²) < 4.78 is 142. The van der Waals surface area contributed by atoms with Crippen molar-refractivity contribution < 1.29 is 147 Å². The van der Waals surface area contributed by atoms with Crippen molar-refractivity contribution in [2.45, 2.75) is 25.6 Å². The monoisotopic (exact) mass is 1420 g/mol. The van der Waals surface area contributed by atoms with Crippen LogP contribution in [-0.2, 0) is 142 Å². The molecule has 98 heavy (non-hydrogen) atoms. The maximum atomic E-state index is 12.3. The van der Waals surface area contributed by atoms with Gasteiger partial charge in [-0.25, -0.2) is 4.79 Å². The number of rotatable bonds is 80. The van der Waals surface area contributed by atoms with Gasteiger partial charge in [-0.05, 0) is 12.1 Å². The number of ether oxygens (including phenoxy) is 26. The van der Waals surface area contributed by atoms with Gasteiger partial charge in [0, 0.05) is 44.7 Å². The Morgan fingerprint density at radius 1 is 0.306 bits per heavy atom. The molecule has 0 atom stereocenters. The van der Waals surface area contributed by atoms with Crippen LogP contribution in [0.3, 0.4) is 0 Å². The summed E-state index contributed by atoms with van der Waals surface area (Å²) in [5, 5.41) is 3.34. The molecule has 2 rings (SSSR count). The molecule has 0 aromatic heterocycles. The number of hydrogen-bond acceptors (Lipinski definition) is 31. The molecule has 0 aliphatic carbocycles. The molecule has 1 aromatic carbocycles. The molecule has 1 N–H and O–H groups in total. The van der Waals surface area contributed by atoms with Gasteiger partial charge < -0.3 is 133 Å².